The van der Waals surface area contributed by atoms with Gasteiger partial charge in [0.2, 0.25) is 0 Å². The molecule has 0 amide bonds. The second-order valence-electron chi connectivity index (χ2n) is 4.67. The highest BCUT2D eigenvalue weighted by molar-refractivity contribution is 5.47. The third-order valence-electron chi connectivity index (χ3n) is 3.28. The van der Waals surface area contributed by atoms with E-state index in [4.69, 9.17) is 0 Å². The van der Waals surface area contributed by atoms with Crippen molar-refractivity contribution in [2.24, 2.45) is 0 Å². The largest absolute Gasteiger partial charge is 0.363 e. The van der Waals surface area contributed by atoms with E-state index in [-0.39, 0.29) is 6.04 Å². The Bertz CT molecular complexity index is 702. The molecule has 96 valence electrons. The fourth-order valence-electron chi connectivity index (χ4n) is 2.27. The Morgan fingerprint density at radius 2 is 2.00 bits per heavy atom. The first-order valence-electron chi connectivity index (χ1n) is 6.36. The topological polar surface area (TPSA) is 42.2 Å². The molecule has 1 N–H and O–H groups in total. The van der Waals surface area contributed by atoms with Crippen molar-refractivity contribution >= 4 is 11.5 Å². The molecule has 0 aliphatic carbocycles. The van der Waals surface area contributed by atoms with E-state index < -0.39 is 0 Å². The summed E-state index contributed by atoms with van der Waals surface area (Å²) < 4.78 is 1.75. The fraction of sp³-hybridized carbons (Fsp3) is 0.200. The average molecular weight is 252 g/mol. The Balaban J connectivity index is 1.86. The minimum atomic E-state index is 0.221. The molecule has 1 atom stereocenters. The van der Waals surface area contributed by atoms with Gasteiger partial charge in [0.05, 0.1) is 12.2 Å². The van der Waals surface area contributed by atoms with E-state index in [1.54, 1.807) is 10.7 Å². The average Bonchev–Trinajstić information content (AvgIpc) is 2.86. The maximum absolute atomic E-state index is 4.52. The Kier molecular flexibility index (Phi) is 2.91. The first-order valence-corrected chi connectivity index (χ1v) is 6.36. The molecule has 0 bridgehead atoms. The lowest BCUT2D eigenvalue weighted by atomic mass is 10.0. The Morgan fingerprint density at radius 3 is 2.84 bits per heavy atom. The second-order valence-corrected chi connectivity index (χ2v) is 4.67. The number of fused-ring (bicyclic) bond motifs is 1. The number of aryl methyl sites for hydroxylation is 1. The molecule has 3 aromatic rings. The van der Waals surface area contributed by atoms with Gasteiger partial charge in [0, 0.05) is 12.3 Å². The molecule has 0 aliphatic heterocycles. The summed E-state index contributed by atoms with van der Waals surface area (Å²) in [4.78, 5) is 4.52. The first kappa shape index (κ1) is 11.7. The molecular weight excluding hydrogens is 236 g/mol. The zero-order valence-corrected chi connectivity index (χ0v) is 11.0. The van der Waals surface area contributed by atoms with Crippen molar-refractivity contribution in [3.8, 4) is 0 Å². The van der Waals surface area contributed by atoms with Crippen LogP contribution in [0.4, 0.5) is 5.82 Å². The summed E-state index contributed by atoms with van der Waals surface area (Å²) in [6.07, 6.45) is 3.66. The van der Waals surface area contributed by atoms with Crippen molar-refractivity contribution in [1.29, 1.82) is 0 Å². The molecule has 0 spiro atoms. The zero-order chi connectivity index (χ0) is 13.2. The molecule has 2 aromatic heterocycles. The molecule has 0 aliphatic rings. The number of hydrogen-bond acceptors (Lipinski definition) is 3. The number of nitrogens with one attached hydrogen (secondary N) is 1. The standard InChI is InChI=1S/C15H16N4/c1-11-5-3-4-6-13(11)12(2)17-14-8-10-19-15(18-14)7-9-16-19/h3-10,12H,1-2H3,(H,17,18). The molecule has 4 nitrogen and oxygen atoms in total. The van der Waals surface area contributed by atoms with Gasteiger partial charge < -0.3 is 5.32 Å². The first-order chi connectivity index (χ1) is 9.24. The highest BCUT2D eigenvalue weighted by Crippen LogP contribution is 2.21. The normalized spacial score (nSPS) is 12.5. The van der Waals surface area contributed by atoms with Gasteiger partial charge in [-0.25, -0.2) is 9.50 Å². The number of anilines is 1. The zero-order valence-electron chi connectivity index (χ0n) is 11.0. The van der Waals surface area contributed by atoms with Crippen LogP contribution >= 0.6 is 0 Å². The summed E-state index contributed by atoms with van der Waals surface area (Å²) in [5, 5.41) is 7.57. The number of benzene rings is 1. The lowest BCUT2D eigenvalue weighted by Gasteiger charge is -2.17. The minimum absolute atomic E-state index is 0.221. The van der Waals surface area contributed by atoms with Gasteiger partial charge in [0.15, 0.2) is 5.65 Å². The highest BCUT2D eigenvalue weighted by Gasteiger charge is 2.08. The SMILES string of the molecule is Cc1ccccc1C(C)Nc1ccn2nccc2n1. The van der Waals surface area contributed by atoms with E-state index in [0.717, 1.165) is 11.5 Å². The minimum Gasteiger partial charge on any atom is -0.363 e. The third-order valence-corrected chi connectivity index (χ3v) is 3.28. The number of hydrogen-bond donors (Lipinski definition) is 1. The molecule has 0 saturated carbocycles. The molecule has 4 heteroatoms. The number of rotatable bonds is 3. The van der Waals surface area contributed by atoms with E-state index in [1.165, 1.54) is 11.1 Å². The van der Waals surface area contributed by atoms with Crippen molar-refractivity contribution in [2.45, 2.75) is 19.9 Å². The van der Waals surface area contributed by atoms with E-state index >= 15 is 0 Å². The quantitative estimate of drug-likeness (QED) is 0.778. The van der Waals surface area contributed by atoms with E-state index in [1.807, 2.05) is 18.3 Å². The van der Waals surface area contributed by atoms with Crippen molar-refractivity contribution in [3.63, 3.8) is 0 Å². The van der Waals surface area contributed by atoms with Crippen LogP contribution in [-0.2, 0) is 0 Å². The third kappa shape index (κ3) is 2.29. The van der Waals surface area contributed by atoms with Gasteiger partial charge in [-0.05, 0) is 31.0 Å². The van der Waals surface area contributed by atoms with E-state index in [9.17, 15) is 0 Å². The summed E-state index contributed by atoms with van der Waals surface area (Å²) in [6, 6.07) is 12.4. The summed E-state index contributed by atoms with van der Waals surface area (Å²) in [5.74, 6) is 0.865. The van der Waals surface area contributed by atoms with Crippen LogP contribution in [0.15, 0.2) is 48.8 Å². The van der Waals surface area contributed by atoms with Crippen LogP contribution in [0, 0.1) is 6.92 Å². The van der Waals surface area contributed by atoms with Crippen LogP contribution < -0.4 is 5.32 Å². The molecule has 19 heavy (non-hydrogen) atoms. The maximum atomic E-state index is 4.52. The Morgan fingerprint density at radius 1 is 1.16 bits per heavy atom. The van der Waals surface area contributed by atoms with E-state index in [0.29, 0.717) is 0 Å². The van der Waals surface area contributed by atoms with Gasteiger partial charge in [-0.15, -0.1) is 0 Å². The predicted molar refractivity (Wildman–Crippen MR) is 76.2 cm³/mol. The van der Waals surface area contributed by atoms with Gasteiger partial charge in [-0.3, -0.25) is 0 Å². The molecule has 1 unspecified atom stereocenters. The smallest absolute Gasteiger partial charge is 0.157 e. The van der Waals surface area contributed by atoms with Crippen molar-refractivity contribution in [3.05, 3.63) is 59.9 Å². The van der Waals surface area contributed by atoms with Gasteiger partial charge in [-0.1, -0.05) is 24.3 Å². The lowest BCUT2D eigenvalue weighted by Crippen LogP contribution is -2.09. The number of nitrogens with zero attached hydrogens (tertiary/aromatic N) is 3. The van der Waals surface area contributed by atoms with Crippen molar-refractivity contribution in [1.82, 2.24) is 14.6 Å². The predicted octanol–water partition coefficient (Wildman–Crippen LogP) is 3.21. The summed E-state index contributed by atoms with van der Waals surface area (Å²) in [6.45, 7) is 4.27. The molecule has 3 rings (SSSR count). The highest BCUT2D eigenvalue weighted by atomic mass is 15.2. The number of aromatic nitrogens is 3. The molecule has 0 saturated heterocycles. The molecule has 2 heterocycles. The van der Waals surface area contributed by atoms with Crippen LogP contribution in [0.1, 0.15) is 24.1 Å². The van der Waals surface area contributed by atoms with Crippen LogP contribution in [-0.4, -0.2) is 14.6 Å². The molecule has 0 radical (unpaired) electrons. The Hall–Kier alpha value is -2.36. The van der Waals surface area contributed by atoms with E-state index in [2.05, 4.69) is 53.5 Å². The van der Waals surface area contributed by atoms with Gasteiger partial charge in [0.25, 0.3) is 0 Å². The van der Waals surface area contributed by atoms with Crippen molar-refractivity contribution < 1.29 is 0 Å². The van der Waals surface area contributed by atoms with Crippen LogP contribution in [0.25, 0.3) is 5.65 Å². The Labute approximate surface area is 112 Å². The molecule has 0 fully saturated rings. The van der Waals surface area contributed by atoms with Crippen LogP contribution in [0.2, 0.25) is 0 Å². The fourth-order valence-corrected chi connectivity index (χ4v) is 2.27. The summed E-state index contributed by atoms with van der Waals surface area (Å²) in [5.41, 5.74) is 3.42. The lowest BCUT2D eigenvalue weighted by molar-refractivity contribution is 0.858. The summed E-state index contributed by atoms with van der Waals surface area (Å²) in [7, 11) is 0. The molecular formula is C15H16N4. The van der Waals surface area contributed by atoms with Gasteiger partial charge in [0.1, 0.15) is 5.82 Å². The maximum Gasteiger partial charge on any atom is 0.157 e. The second kappa shape index (κ2) is 4.72. The summed E-state index contributed by atoms with van der Waals surface area (Å²) >= 11 is 0. The van der Waals surface area contributed by atoms with Crippen LogP contribution in [0.5, 0.6) is 0 Å². The van der Waals surface area contributed by atoms with Crippen LogP contribution in [0.3, 0.4) is 0 Å². The van der Waals surface area contributed by atoms with Crippen molar-refractivity contribution in [2.75, 3.05) is 5.32 Å². The van der Waals surface area contributed by atoms with Gasteiger partial charge >= 0.3 is 0 Å². The molecule has 1 aromatic carbocycles. The monoisotopic (exact) mass is 252 g/mol. The van der Waals surface area contributed by atoms with Gasteiger partial charge in [-0.2, -0.15) is 5.10 Å².